The first kappa shape index (κ1) is 18.4. The number of hydrogen-bond donors (Lipinski definition) is 0. The van der Waals surface area contributed by atoms with Crippen LogP contribution in [0.15, 0.2) is 24.3 Å². The predicted octanol–water partition coefficient (Wildman–Crippen LogP) is 2.86. The van der Waals surface area contributed by atoms with E-state index >= 15 is 0 Å². The SMILES string of the molecule is CC#CCOc1ccc(C2=[C-]CC(Br)C(=O)N2C)cc1.[Y]. The summed E-state index contributed by atoms with van der Waals surface area (Å²) >= 11 is 3.34. The topological polar surface area (TPSA) is 29.5 Å². The van der Waals surface area contributed by atoms with Crippen LogP contribution in [0.1, 0.15) is 18.9 Å². The Morgan fingerprint density at radius 3 is 2.71 bits per heavy atom. The van der Waals surface area contributed by atoms with Crippen molar-refractivity contribution in [2.45, 2.75) is 18.2 Å². The quantitative estimate of drug-likeness (QED) is 0.426. The first-order valence-corrected chi connectivity index (χ1v) is 7.20. The molecule has 0 aromatic heterocycles. The molecular weight excluding hydrogens is 407 g/mol. The van der Waals surface area contributed by atoms with Crippen LogP contribution in [0.5, 0.6) is 5.75 Å². The van der Waals surface area contributed by atoms with Crippen molar-refractivity contribution in [2.24, 2.45) is 0 Å². The summed E-state index contributed by atoms with van der Waals surface area (Å²) in [4.78, 5) is 13.4. The van der Waals surface area contributed by atoms with Gasteiger partial charge in [0.2, 0.25) is 5.91 Å². The van der Waals surface area contributed by atoms with E-state index in [0.29, 0.717) is 13.0 Å². The second kappa shape index (κ2) is 8.73. The molecule has 1 amide bonds. The number of rotatable bonds is 3. The zero-order chi connectivity index (χ0) is 14.5. The zero-order valence-electron chi connectivity index (χ0n) is 12.0. The summed E-state index contributed by atoms with van der Waals surface area (Å²) < 4.78 is 5.46. The largest absolute Gasteiger partial charge is 0.481 e. The van der Waals surface area contributed by atoms with Gasteiger partial charge < -0.3 is 9.64 Å². The van der Waals surface area contributed by atoms with Crippen LogP contribution in [0, 0.1) is 17.9 Å². The Kier molecular flexibility index (Phi) is 7.66. The van der Waals surface area contributed by atoms with Crippen molar-refractivity contribution in [2.75, 3.05) is 13.7 Å². The van der Waals surface area contributed by atoms with Crippen molar-refractivity contribution < 1.29 is 42.2 Å². The maximum atomic E-state index is 11.9. The van der Waals surface area contributed by atoms with Crippen LogP contribution in [0.2, 0.25) is 0 Å². The van der Waals surface area contributed by atoms with E-state index in [9.17, 15) is 4.79 Å². The smallest absolute Gasteiger partial charge is 0.236 e. The average Bonchev–Trinajstić information content (AvgIpc) is 2.46. The van der Waals surface area contributed by atoms with Crippen molar-refractivity contribution in [3.8, 4) is 17.6 Å². The second-order valence-corrected chi connectivity index (χ2v) is 5.44. The number of carbonyl (C=O) groups excluding carboxylic acids is 1. The van der Waals surface area contributed by atoms with Gasteiger partial charge in [0, 0.05) is 39.8 Å². The number of nitrogens with zero attached hydrogens (tertiary/aromatic N) is 1. The number of allylic oxidation sites excluding steroid dienone is 1. The Morgan fingerprint density at radius 1 is 1.43 bits per heavy atom. The molecule has 0 saturated heterocycles. The maximum Gasteiger partial charge on any atom is 0.236 e. The number of amides is 1. The van der Waals surface area contributed by atoms with Crippen LogP contribution >= 0.6 is 15.9 Å². The van der Waals surface area contributed by atoms with Crippen LogP contribution in [0.3, 0.4) is 0 Å². The molecule has 107 valence electrons. The van der Waals surface area contributed by atoms with Crippen LogP contribution in [-0.4, -0.2) is 29.3 Å². The molecule has 0 aliphatic carbocycles. The van der Waals surface area contributed by atoms with E-state index < -0.39 is 0 Å². The van der Waals surface area contributed by atoms with Crippen LogP contribution in [0.25, 0.3) is 5.70 Å². The number of carbonyl (C=O) groups is 1. The molecule has 1 atom stereocenters. The molecule has 1 aromatic carbocycles. The van der Waals surface area contributed by atoms with Gasteiger partial charge in [0.25, 0.3) is 0 Å². The van der Waals surface area contributed by atoms with Gasteiger partial charge >= 0.3 is 0 Å². The number of ether oxygens (including phenoxy) is 1. The Balaban J connectivity index is 0.00000220. The molecular formula is C16H15BrNO2Y-. The third-order valence-corrected chi connectivity index (χ3v) is 3.71. The fourth-order valence-electron chi connectivity index (χ4n) is 1.91. The summed E-state index contributed by atoms with van der Waals surface area (Å²) in [5.41, 5.74) is 1.76. The van der Waals surface area contributed by atoms with E-state index in [2.05, 4.69) is 33.8 Å². The Labute approximate surface area is 159 Å². The number of benzene rings is 1. The van der Waals surface area contributed by atoms with Crippen molar-refractivity contribution in [3.05, 3.63) is 35.9 Å². The van der Waals surface area contributed by atoms with Crippen molar-refractivity contribution in [3.63, 3.8) is 0 Å². The molecule has 1 heterocycles. The third-order valence-electron chi connectivity index (χ3n) is 3.00. The van der Waals surface area contributed by atoms with E-state index in [1.807, 2.05) is 24.3 Å². The predicted molar refractivity (Wildman–Crippen MR) is 82.1 cm³/mol. The molecule has 0 N–H and O–H groups in total. The molecule has 5 heteroatoms. The maximum absolute atomic E-state index is 11.9. The first-order chi connectivity index (χ1) is 9.63. The minimum absolute atomic E-state index is 0. The average molecular weight is 422 g/mol. The fraction of sp³-hybridized carbons (Fsp3) is 0.312. The van der Waals surface area contributed by atoms with Crippen LogP contribution in [-0.2, 0) is 37.5 Å². The van der Waals surface area contributed by atoms with E-state index in [1.165, 1.54) is 0 Å². The molecule has 1 unspecified atom stereocenters. The molecule has 0 saturated carbocycles. The number of halogens is 1. The molecule has 0 bridgehead atoms. The van der Waals surface area contributed by atoms with Crippen molar-refractivity contribution in [1.82, 2.24) is 4.90 Å². The molecule has 21 heavy (non-hydrogen) atoms. The molecule has 1 aliphatic heterocycles. The van der Waals surface area contributed by atoms with Gasteiger partial charge in [-0.1, -0.05) is 28.3 Å². The molecule has 2 rings (SSSR count). The molecule has 1 aromatic rings. The van der Waals surface area contributed by atoms with E-state index in [1.54, 1.807) is 18.9 Å². The second-order valence-electron chi connectivity index (χ2n) is 4.33. The van der Waals surface area contributed by atoms with E-state index in [-0.39, 0.29) is 43.4 Å². The van der Waals surface area contributed by atoms with Gasteiger partial charge in [-0.05, 0) is 19.1 Å². The summed E-state index contributed by atoms with van der Waals surface area (Å²) in [6.45, 7) is 2.16. The van der Waals surface area contributed by atoms with Gasteiger partial charge in [-0.25, -0.2) is 6.08 Å². The zero-order valence-corrected chi connectivity index (χ0v) is 16.4. The molecule has 0 fully saturated rings. The molecule has 0 spiro atoms. The molecule has 1 radical (unpaired) electrons. The molecule has 1 aliphatic rings. The van der Waals surface area contributed by atoms with Crippen LogP contribution < -0.4 is 4.74 Å². The van der Waals surface area contributed by atoms with Crippen molar-refractivity contribution >= 4 is 27.5 Å². The van der Waals surface area contributed by atoms with Gasteiger partial charge in [0.05, 0.1) is 4.83 Å². The van der Waals surface area contributed by atoms with E-state index in [4.69, 9.17) is 4.74 Å². The minimum atomic E-state index is -0.175. The Morgan fingerprint density at radius 2 is 2.10 bits per heavy atom. The van der Waals surface area contributed by atoms with Gasteiger partial charge in [0.15, 0.2) is 0 Å². The van der Waals surface area contributed by atoms with Crippen molar-refractivity contribution in [1.29, 1.82) is 0 Å². The number of hydrogen-bond acceptors (Lipinski definition) is 2. The molecule has 3 nitrogen and oxygen atoms in total. The van der Waals surface area contributed by atoms with Crippen LogP contribution in [0.4, 0.5) is 0 Å². The monoisotopic (exact) mass is 421 g/mol. The Bertz CT molecular complexity index is 587. The summed E-state index contributed by atoms with van der Waals surface area (Å²) in [6.07, 6.45) is 3.83. The van der Waals surface area contributed by atoms with Gasteiger partial charge in [-0.2, -0.15) is 5.56 Å². The van der Waals surface area contributed by atoms with Gasteiger partial charge in [-0.3, -0.25) is 4.79 Å². The summed E-state index contributed by atoms with van der Waals surface area (Å²) in [5.74, 6) is 6.44. The van der Waals surface area contributed by atoms with E-state index in [0.717, 1.165) is 17.0 Å². The standard InChI is InChI=1S/C16H15BrNO2.Y/c1-3-4-11-20-13-7-5-12(6-8-13)15-10-9-14(17)16(19)18(15)2;/h5-8,14H,9,11H2,1-2H3;/q-1;. The Hall–Kier alpha value is -0.626. The summed E-state index contributed by atoms with van der Waals surface area (Å²) in [6, 6.07) is 7.60. The van der Waals surface area contributed by atoms with Gasteiger partial charge in [-0.15, -0.1) is 23.8 Å². The summed E-state index contributed by atoms with van der Waals surface area (Å²) in [7, 11) is 1.76. The van der Waals surface area contributed by atoms with Gasteiger partial charge in [0.1, 0.15) is 12.4 Å². The summed E-state index contributed by atoms with van der Waals surface area (Å²) in [5, 5.41) is 0. The fourth-order valence-corrected chi connectivity index (χ4v) is 2.38. The normalized spacial score (nSPS) is 17.3. The first-order valence-electron chi connectivity index (χ1n) is 6.28. The number of alkyl halides is 1. The third kappa shape index (κ3) is 4.67. The minimum Gasteiger partial charge on any atom is -0.481 e.